The molecule has 3 aromatic rings. The molecule has 44 heavy (non-hydrogen) atoms. The van der Waals surface area contributed by atoms with Crippen LogP contribution in [-0.4, -0.2) is 36.5 Å². The first kappa shape index (κ1) is 31.8. The van der Waals surface area contributed by atoms with Gasteiger partial charge in [-0.05, 0) is 37.0 Å². The van der Waals surface area contributed by atoms with E-state index in [1.165, 1.54) is 12.0 Å². The monoisotopic (exact) mass is 601 g/mol. The third-order valence-corrected chi connectivity index (χ3v) is 6.96. The standard InChI is InChI=1S/C35H33F2NO6/c1-5-30(28(37)19-23(3)36)44-32(25-15-11-8-12-16-25)34(39)38-21-26-17-18-31(41-4)33(43-22-24-13-9-7-10-14-24)27(26)20-29(38)35(40)42-6-2/h1,7-19,29,32H,6,20-22H2,2-4H3/b23-19+,30-28-/t29-,32?/m0/s1. The van der Waals surface area contributed by atoms with Crippen molar-refractivity contribution in [3.8, 4) is 23.8 Å². The van der Waals surface area contributed by atoms with Crippen LogP contribution in [0.3, 0.4) is 0 Å². The number of rotatable bonds is 11. The number of carbonyl (C=O) groups excluding carboxylic acids is 2. The highest BCUT2D eigenvalue weighted by atomic mass is 19.1. The topological polar surface area (TPSA) is 74.3 Å². The Morgan fingerprint density at radius 1 is 1.07 bits per heavy atom. The van der Waals surface area contributed by atoms with Gasteiger partial charge in [0.05, 0.1) is 19.5 Å². The molecule has 0 saturated carbocycles. The molecule has 228 valence electrons. The number of nitrogens with zero attached hydrogens (tertiary/aromatic N) is 1. The zero-order chi connectivity index (χ0) is 31.6. The first-order valence-corrected chi connectivity index (χ1v) is 14.0. The van der Waals surface area contributed by atoms with E-state index in [1.54, 1.807) is 49.4 Å². The number of esters is 1. The Kier molecular flexibility index (Phi) is 10.8. The highest BCUT2D eigenvalue weighted by Crippen LogP contribution is 2.40. The van der Waals surface area contributed by atoms with Gasteiger partial charge >= 0.3 is 5.97 Å². The number of benzene rings is 3. The number of allylic oxidation sites excluding steroid dienone is 4. The second kappa shape index (κ2) is 14.9. The number of hydrogen-bond acceptors (Lipinski definition) is 6. The summed E-state index contributed by atoms with van der Waals surface area (Å²) in [6.45, 7) is 3.04. The molecule has 1 amide bonds. The fourth-order valence-corrected chi connectivity index (χ4v) is 4.90. The predicted molar refractivity (Wildman–Crippen MR) is 161 cm³/mol. The predicted octanol–water partition coefficient (Wildman–Crippen LogP) is 6.54. The maximum absolute atomic E-state index is 14.8. The van der Waals surface area contributed by atoms with E-state index in [4.69, 9.17) is 25.4 Å². The maximum Gasteiger partial charge on any atom is 0.329 e. The minimum Gasteiger partial charge on any atom is -0.493 e. The molecule has 0 saturated heterocycles. The maximum atomic E-state index is 14.8. The minimum atomic E-state index is -1.45. The molecule has 0 radical (unpaired) electrons. The van der Waals surface area contributed by atoms with Crippen molar-refractivity contribution >= 4 is 11.9 Å². The SMILES string of the molecule is C#C/C(OC(C(=O)N1Cc2ccc(OC)c(OCc3ccccc3)c2C[C@H]1C(=O)OCC)c1ccccc1)=C(F)\C=C(/C)F. The molecule has 0 fully saturated rings. The van der Waals surface area contributed by atoms with Gasteiger partial charge in [-0.2, -0.15) is 0 Å². The Morgan fingerprint density at radius 3 is 2.36 bits per heavy atom. The van der Waals surface area contributed by atoms with Crippen LogP contribution in [0.1, 0.15) is 42.2 Å². The first-order chi connectivity index (χ1) is 21.3. The molecule has 9 heteroatoms. The summed E-state index contributed by atoms with van der Waals surface area (Å²) in [5.74, 6) is -0.950. The van der Waals surface area contributed by atoms with E-state index in [1.807, 2.05) is 30.3 Å². The third kappa shape index (κ3) is 7.45. The highest BCUT2D eigenvalue weighted by molar-refractivity contribution is 5.89. The van der Waals surface area contributed by atoms with Crippen molar-refractivity contribution in [1.82, 2.24) is 4.90 Å². The molecule has 0 bridgehead atoms. The van der Waals surface area contributed by atoms with Crippen molar-refractivity contribution in [1.29, 1.82) is 0 Å². The molecule has 7 nitrogen and oxygen atoms in total. The fourth-order valence-electron chi connectivity index (χ4n) is 4.90. The van der Waals surface area contributed by atoms with Gasteiger partial charge in [-0.3, -0.25) is 4.79 Å². The quantitative estimate of drug-likeness (QED) is 0.108. The average Bonchev–Trinajstić information content (AvgIpc) is 3.03. The summed E-state index contributed by atoms with van der Waals surface area (Å²) in [5, 5.41) is 0. The van der Waals surface area contributed by atoms with Gasteiger partial charge in [0, 0.05) is 30.2 Å². The highest BCUT2D eigenvalue weighted by Gasteiger charge is 2.41. The lowest BCUT2D eigenvalue weighted by atomic mass is 9.91. The zero-order valence-electron chi connectivity index (χ0n) is 24.7. The van der Waals surface area contributed by atoms with Gasteiger partial charge in [0.15, 0.2) is 17.3 Å². The number of amides is 1. The number of hydrogen-bond donors (Lipinski definition) is 0. The van der Waals surface area contributed by atoms with Crippen LogP contribution < -0.4 is 9.47 Å². The molecule has 0 N–H and O–H groups in total. The van der Waals surface area contributed by atoms with Crippen LogP contribution in [0.5, 0.6) is 11.5 Å². The zero-order valence-corrected chi connectivity index (χ0v) is 24.7. The van der Waals surface area contributed by atoms with Gasteiger partial charge in [-0.15, -0.1) is 6.42 Å². The number of halogens is 2. The van der Waals surface area contributed by atoms with Crippen LogP contribution in [0.15, 0.2) is 96.3 Å². The van der Waals surface area contributed by atoms with E-state index in [2.05, 4.69) is 5.92 Å². The Hall–Kier alpha value is -5.10. The van der Waals surface area contributed by atoms with Crippen LogP contribution in [0, 0.1) is 12.3 Å². The van der Waals surface area contributed by atoms with Gasteiger partial charge < -0.3 is 23.8 Å². The summed E-state index contributed by atoms with van der Waals surface area (Å²) in [5.41, 5.74) is 2.70. The van der Waals surface area contributed by atoms with Crippen LogP contribution in [0.25, 0.3) is 0 Å². The van der Waals surface area contributed by atoms with Gasteiger partial charge in [0.1, 0.15) is 12.6 Å². The molecule has 4 rings (SSSR count). The van der Waals surface area contributed by atoms with Crippen molar-refractivity contribution in [3.05, 3.63) is 119 Å². The summed E-state index contributed by atoms with van der Waals surface area (Å²) in [6, 6.07) is 20.4. The smallest absolute Gasteiger partial charge is 0.329 e. The van der Waals surface area contributed by atoms with Crippen molar-refractivity contribution in [2.75, 3.05) is 13.7 Å². The van der Waals surface area contributed by atoms with Crippen molar-refractivity contribution in [2.45, 2.75) is 45.6 Å². The van der Waals surface area contributed by atoms with E-state index in [0.717, 1.165) is 12.5 Å². The molecule has 0 aliphatic carbocycles. The number of carbonyl (C=O) groups is 2. The van der Waals surface area contributed by atoms with Gasteiger partial charge in [-0.1, -0.05) is 66.7 Å². The van der Waals surface area contributed by atoms with Gasteiger partial charge in [-0.25, -0.2) is 13.6 Å². The second-order valence-corrected chi connectivity index (χ2v) is 9.91. The van der Waals surface area contributed by atoms with Crippen LogP contribution >= 0.6 is 0 Å². The summed E-state index contributed by atoms with van der Waals surface area (Å²) < 4.78 is 51.2. The molecule has 1 heterocycles. The Bertz CT molecular complexity index is 1580. The average molecular weight is 602 g/mol. The Balaban J connectivity index is 1.76. The van der Waals surface area contributed by atoms with Gasteiger partial charge in [0.25, 0.3) is 5.91 Å². The lowest BCUT2D eigenvalue weighted by Gasteiger charge is -2.38. The molecular formula is C35H33F2NO6. The number of fused-ring (bicyclic) bond motifs is 1. The van der Waals surface area contributed by atoms with Crippen molar-refractivity contribution < 1.29 is 37.3 Å². The first-order valence-electron chi connectivity index (χ1n) is 14.0. The van der Waals surface area contributed by atoms with Gasteiger partial charge in [0.2, 0.25) is 11.9 Å². The number of terminal acetylenes is 1. The molecule has 1 aliphatic rings. The van der Waals surface area contributed by atoms with E-state index >= 15 is 0 Å². The Morgan fingerprint density at radius 2 is 1.75 bits per heavy atom. The lowest BCUT2D eigenvalue weighted by Crippen LogP contribution is -2.51. The molecule has 2 atom stereocenters. The van der Waals surface area contributed by atoms with Crippen molar-refractivity contribution in [2.24, 2.45) is 0 Å². The van der Waals surface area contributed by atoms with Crippen LogP contribution in [0.4, 0.5) is 8.78 Å². The Labute approximate surface area is 255 Å². The van der Waals surface area contributed by atoms with E-state index < -0.39 is 41.4 Å². The number of ether oxygens (including phenoxy) is 4. The largest absolute Gasteiger partial charge is 0.493 e. The molecular weight excluding hydrogens is 568 g/mol. The van der Waals surface area contributed by atoms with Crippen LogP contribution in [0.2, 0.25) is 0 Å². The summed E-state index contributed by atoms with van der Waals surface area (Å²) >= 11 is 0. The molecule has 1 aliphatic heterocycles. The fraction of sp³-hybridized carbons (Fsp3) is 0.257. The summed E-state index contributed by atoms with van der Waals surface area (Å²) in [7, 11) is 1.52. The summed E-state index contributed by atoms with van der Waals surface area (Å²) in [6.07, 6.45) is 4.67. The van der Waals surface area contributed by atoms with Crippen LogP contribution in [-0.2, 0) is 38.6 Å². The normalized spacial score (nSPS) is 15.7. The molecule has 0 spiro atoms. The second-order valence-electron chi connectivity index (χ2n) is 9.91. The van der Waals surface area contributed by atoms with E-state index in [0.29, 0.717) is 34.3 Å². The van der Waals surface area contributed by atoms with E-state index in [9.17, 15) is 18.4 Å². The molecule has 1 unspecified atom stereocenters. The molecule has 3 aromatic carbocycles. The van der Waals surface area contributed by atoms with E-state index in [-0.39, 0.29) is 26.2 Å². The molecule has 0 aromatic heterocycles. The van der Waals surface area contributed by atoms with Crippen molar-refractivity contribution in [3.63, 3.8) is 0 Å². The summed E-state index contributed by atoms with van der Waals surface area (Å²) in [4.78, 5) is 29.0. The number of methoxy groups -OCH3 is 1. The third-order valence-electron chi connectivity index (χ3n) is 6.96. The lowest BCUT2D eigenvalue weighted by molar-refractivity contribution is -0.160. The minimum absolute atomic E-state index is 0.0168.